The van der Waals surface area contributed by atoms with E-state index in [9.17, 15) is 13.6 Å². The summed E-state index contributed by atoms with van der Waals surface area (Å²) in [6.45, 7) is 8.55. The number of aromatic nitrogens is 2. The van der Waals surface area contributed by atoms with Crippen molar-refractivity contribution in [3.8, 4) is 0 Å². The van der Waals surface area contributed by atoms with Crippen molar-refractivity contribution in [2.24, 2.45) is 5.41 Å². The first kappa shape index (κ1) is 18.0. The third-order valence-corrected chi connectivity index (χ3v) is 4.92. The summed E-state index contributed by atoms with van der Waals surface area (Å²) >= 11 is 0. The maximum atomic E-state index is 14.3. The molecule has 1 aliphatic heterocycles. The molecule has 0 N–H and O–H groups in total. The van der Waals surface area contributed by atoms with Crippen LogP contribution >= 0.6 is 0 Å². The van der Waals surface area contributed by atoms with Gasteiger partial charge in [0.05, 0.1) is 11.7 Å². The third kappa shape index (κ3) is 3.73. The number of piperidine rings is 1. The van der Waals surface area contributed by atoms with E-state index in [0.29, 0.717) is 19.1 Å². The summed E-state index contributed by atoms with van der Waals surface area (Å²) in [7, 11) is 0. The molecular weight excluding hydrogens is 324 g/mol. The Balaban J connectivity index is 1.90. The van der Waals surface area contributed by atoms with Gasteiger partial charge in [-0.3, -0.25) is 9.69 Å². The lowest BCUT2D eigenvalue weighted by Crippen LogP contribution is -2.48. The first-order chi connectivity index (χ1) is 11.8. The molecule has 2 aromatic rings. The van der Waals surface area contributed by atoms with Gasteiger partial charge in [0.15, 0.2) is 5.82 Å². The van der Waals surface area contributed by atoms with E-state index < -0.39 is 11.6 Å². The molecule has 0 spiro atoms. The smallest absolute Gasteiger partial charge is 0.269 e. The quantitative estimate of drug-likeness (QED) is 0.853. The van der Waals surface area contributed by atoms with Crippen molar-refractivity contribution < 1.29 is 8.78 Å². The van der Waals surface area contributed by atoms with Crippen molar-refractivity contribution in [1.82, 2.24) is 14.5 Å². The van der Waals surface area contributed by atoms with Crippen LogP contribution in [0.4, 0.5) is 8.78 Å². The van der Waals surface area contributed by atoms with E-state index >= 15 is 0 Å². The molecule has 1 aromatic carbocycles. The van der Waals surface area contributed by atoms with Gasteiger partial charge in [-0.1, -0.05) is 20.8 Å². The minimum atomic E-state index is -0.750. The van der Waals surface area contributed by atoms with E-state index in [1.54, 1.807) is 0 Å². The van der Waals surface area contributed by atoms with E-state index in [-0.39, 0.29) is 22.0 Å². The van der Waals surface area contributed by atoms with Crippen LogP contribution in [-0.4, -0.2) is 33.6 Å². The summed E-state index contributed by atoms with van der Waals surface area (Å²) in [6.07, 6.45) is 5.46. The summed E-state index contributed by atoms with van der Waals surface area (Å²) in [5, 5.41) is 0. The molecule has 0 saturated carbocycles. The second kappa shape index (κ2) is 6.83. The van der Waals surface area contributed by atoms with Gasteiger partial charge in [0.1, 0.15) is 11.3 Å². The third-order valence-electron chi connectivity index (χ3n) is 4.92. The number of hydrogen-bond acceptors (Lipinski definition) is 3. The van der Waals surface area contributed by atoms with Gasteiger partial charge in [-0.2, -0.15) is 0 Å². The number of likely N-dealkylation sites (tertiary alicyclic amines) is 1. The fourth-order valence-corrected chi connectivity index (χ4v) is 3.68. The summed E-state index contributed by atoms with van der Waals surface area (Å²) in [6, 6.07) is 2.34. The summed E-state index contributed by atoms with van der Waals surface area (Å²) in [4.78, 5) is 18.5. The zero-order valence-corrected chi connectivity index (χ0v) is 14.9. The molecule has 1 aromatic heterocycles. The molecule has 0 amide bonds. The van der Waals surface area contributed by atoms with Crippen LogP contribution in [0.25, 0.3) is 11.0 Å². The van der Waals surface area contributed by atoms with Crippen molar-refractivity contribution in [2.45, 2.75) is 46.2 Å². The number of halogens is 2. The van der Waals surface area contributed by atoms with E-state index in [0.717, 1.165) is 37.7 Å². The van der Waals surface area contributed by atoms with Crippen molar-refractivity contribution in [2.75, 3.05) is 13.1 Å². The first-order valence-corrected chi connectivity index (χ1v) is 8.67. The number of fused-ring (bicyclic) bond motifs is 1. The van der Waals surface area contributed by atoms with E-state index in [1.807, 2.05) is 0 Å². The first-order valence-electron chi connectivity index (χ1n) is 8.67. The summed E-state index contributed by atoms with van der Waals surface area (Å²) in [5.74, 6) is -1.44. The molecule has 4 nitrogen and oxygen atoms in total. The Morgan fingerprint density at radius 2 is 2.00 bits per heavy atom. The van der Waals surface area contributed by atoms with Gasteiger partial charge < -0.3 is 4.57 Å². The van der Waals surface area contributed by atoms with Crippen LogP contribution in [0.1, 0.15) is 33.6 Å². The van der Waals surface area contributed by atoms with Crippen molar-refractivity contribution in [3.63, 3.8) is 0 Å². The predicted octanol–water partition coefficient (Wildman–Crippen LogP) is 3.39. The highest BCUT2D eigenvalue weighted by molar-refractivity contribution is 5.75. The standard InChI is InChI=1S/C19H24F2N3O/c1-19(2,3)16-6-4-5-7-23(16)8-9-24-17(25)12-22-15-11-13(20)10-14(21)18(15)24/h4,10-12,16H,5-9H2,1-3H3. The Hall–Kier alpha value is -1.82. The predicted molar refractivity (Wildman–Crippen MR) is 94.3 cm³/mol. The maximum Gasteiger partial charge on any atom is 0.269 e. The van der Waals surface area contributed by atoms with E-state index in [2.05, 4.69) is 37.1 Å². The number of nitrogens with zero attached hydrogens (tertiary/aromatic N) is 3. The van der Waals surface area contributed by atoms with Crippen LogP contribution in [0.3, 0.4) is 0 Å². The summed E-state index contributed by atoms with van der Waals surface area (Å²) < 4.78 is 29.0. The van der Waals surface area contributed by atoms with Gasteiger partial charge in [0, 0.05) is 31.3 Å². The van der Waals surface area contributed by atoms with Crippen molar-refractivity contribution in [1.29, 1.82) is 0 Å². The van der Waals surface area contributed by atoms with Crippen LogP contribution < -0.4 is 5.56 Å². The van der Waals surface area contributed by atoms with Gasteiger partial charge in [-0.25, -0.2) is 13.8 Å². The zero-order chi connectivity index (χ0) is 18.2. The monoisotopic (exact) mass is 348 g/mol. The normalized spacial score (nSPS) is 19.5. The van der Waals surface area contributed by atoms with Gasteiger partial charge in [0.2, 0.25) is 0 Å². The molecule has 1 atom stereocenters. The minimum Gasteiger partial charge on any atom is -0.302 e. The Kier molecular flexibility index (Phi) is 4.91. The molecule has 1 unspecified atom stereocenters. The van der Waals surface area contributed by atoms with Crippen molar-refractivity contribution in [3.05, 3.63) is 46.7 Å². The largest absolute Gasteiger partial charge is 0.302 e. The molecule has 1 saturated heterocycles. The molecular formula is C19H24F2N3O. The molecule has 1 radical (unpaired) electrons. The van der Waals surface area contributed by atoms with Gasteiger partial charge >= 0.3 is 0 Å². The Morgan fingerprint density at radius 3 is 2.72 bits per heavy atom. The van der Waals surface area contributed by atoms with Crippen LogP contribution in [0, 0.1) is 23.5 Å². The van der Waals surface area contributed by atoms with Crippen LogP contribution in [-0.2, 0) is 6.54 Å². The van der Waals surface area contributed by atoms with E-state index in [4.69, 9.17) is 0 Å². The zero-order valence-electron chi connectivity index (χ0n) is 14.9. The Morgan fingerprint density at radius 1 is 1.24 bits per heavy atom. The highest BCUT2D eigenvalue weighted by Gasteiger charge is 2.32. The Labute approximate surface area is 146 Å². The molecule has 3 rings (SSSR count). The lowest BCUT2D eigenvalue weighted by molar-refractivity contribution is 0.0775. The average Bonchev–Trinajstić information content (AvgIpc) is 2.53. The molecule has 6 heteroatoms. The molecule has 1 fully saturated rings. The second-order valence-corrected chi connectivity index (χ2v) is 7.73. The van der Waals surface area contributed by atoms with Gasteiger partial charge in [0.25, 0.3) is 5.56 Å². The van der Waals surface area contributed by atoms with Crippen LogP contribution in [0.15, 0.2) is 23.1 Å². The van der Waals surface area contributed by atoms with Crippen molar-refractivity contribution >= 4 is 11.0 Å². The highest BCUT2D eigenvalue weighted by Crippen LogP contribution is 2.31. The van der Waals surface area contributed by atoms with Crippen LogP contribution in [0.5, 0.6) is 0 Å². The Bertz CT molecular complexity index is 826. The molecule has 2 heterocycles. The number of hydrogen-bond donors (Lipinski definition) is 0. The lowest BCUT2D eigenvalue weighted by atomic mass is 9.80. The second-order valence-electron chi connectivity index (χ2n) is 7.73. The molecule has 0 aliphatic carbocycles. The average molecular weight is 348 g/mol. The minimum absolute atomic E-state index is 0.0739. The van der Waals surface area contributed by atoms with E-state index in [1.165, 1.54) is 4.57 Å². The molecule has 0 bridgehead atoms. The maximum absolute atomic E-state index is 14.3. The SMILES string of the molecule is CC(C)(C)C1C[CH]CCN1CCn1c(=O)cnc2cc(F)cc(F)c21. The lowest BCUT2D eigenvalue weighted by Gasteiger charge is -2.43. The molecule has 25 heavy (non-hydrogen) atoms. The van der Waals surface area contributed by atoms with Crippen LogP contribution in [0.2, 0.25) is 0 Å². The molecule has 1 aliphatic rings. The molecule has 135 valence electrons. The fraction of sp³-hybridized carbons (Fsp3) is 0.526. The summed E-state index contributed by atoms with van der Waals surface area (Å²) in [5.41, 5.74) is -0.00792. The van der Waals surface area contributed by atoms with Gasteiger partial charge in [-0.05, 0) is 31.2 Å². The number of rotatable bonds is 3. The number of benzene rings is 1. The highest BCUT2D eigenvalue weighted by atomic mass is 19.1. The fourth-order valence-electron chi connectivity index (χ4n) is 3.68. The topological polar surface area (TPSA) is 38.1 Å². The van der Waals surface area contributed by atoms with Gasteiger partial charge in [-0.15, -0.1) is 0 Å².